The number of aliphatic imine (C=N–C) groups is 2. The topological polar surface area (TPSA) is 72.1 Å². The average molecular weight is 359 g/mol. The minimum absolute atomic E-state index is 0.0841. The van der Waals surface area contributed by atoms with Crippen LogP contribution in [0.25, 0.3) is 0 Å². The summed E-state index contributed by atoms with van der Waals surface area (Å²) in [4.78, 5) is 24.5. The van der Waals surface area contributed by atoms with E-state index in [1.54, 1.807) is 17.2 Å². The van der Waals surface area contributed by atoms with Crippen LogP contribution in [0.2, 0.25) is 0 Å². The Labute approximate surface area is 150 Å². The van der Waals surface area contributed by atoms with Crippen LogP contribution in [-0.2, 0) is 4.79 Å². The predicted molar refractivity (Wildman–Crippen MR) is 91.7 cm³/mol. The van der Waals surface area contributed by atoms with Gasteiger partial charge in [0.25, 0.3) is 11.8 Å². The number of hydrogen-bond acceptors (Lipinski definition) is 5. The first-order chi connectivity index (χ1) is 12.5. The number of dihydropyridines is 1. The fourth-order valence-corrected chi connectivity index (χ4v) is 3.72. The molecule has 0 radical (unpaired) electrons. The third kappa shape index (κ3) is 2.81. The number of carbonyl (C=O) groups is 1. The van der Waals surface area contributed by atoms with Crippen molar-refractivity contribution in [3.8, 4) is 6.07 Å². The van der Waals surface area contributed by atoms with Crippen LogP contribution < -0.4 is 0 Å². The van der Waals surface area contributed by atoms with E-state index in [-0.39, 0.29) is 23.7 Å². The van der Waals surface area contributed by atoms with Crippen molar-refractivity contribution in [2.24, 2.45) is 15.9 Å². The van der Waals surface area contributed by atoms with E-state index >= 15 is 0 Å². The highest BCUT2D eigenvalue weighted by molar-refractivity contribution is 5.99. The molecule has 136 valence electrons. The zero-order chi connectivity index (χ0) is 18.3. The van der Waals surface area contributed by atoms with E-state index in [0.717, 1.165) is 19.3 Å². The Balaban J connectivity index is 1.75. The molecule has 4 aliphatic rings. The van der Waals surface area contributed by atoms with Crippen molar-refractivity contribution < 1.29 is 13.6 Å². The Morgan fingerprint density at radius 1 is 1.31 bits per heavy atom. The monoisotopic (exact) mass is 359 g/mol. The van der Waals surface area contributed by atoms with Crippen molar-refractivity contribution in [1.29, 1.82) is 5.26 Å². The van der Waals surface area contributed by atoms with Gasteiger partial charge in [0.15, 0.2) is 0 Å². The normalized spacial score (nSPS) is 29.7. The number of nitrogens with zero attached hydrogens (tertiary/aromatic N) is 5. The SMILES string of the molecule is N#CC(C(=O)N1CCCCC1)=C(C1CC1(F)F)N1C=NC2CN=CC=C21. The Bertz CT molecular complexity index is 786. The zero-order valence-electron chi connectivity index (χ0n) is 14.2. The predicted octanol–water partition coefficient (Wildman–Crippen LogP) is 2.11. The van der Waals surface area contributed by atoms with Crippen LogP contribution >= 0.6 is 0 Å². The molecule has 3 heterocycles. The molecular formula is C18H19F2N5O. The highest BCUT2D eigenvalue weighted by Crippen LogP contribution is 2.55. The van der Waals surface area contributed by atoms with E-state index in [2.05, 4.69) is 9.98 Å². The molecule has 3 aliphatic heterocycles. The van der Waals surface area contributed by atoms with Crippen LogP contribution in [0, 0.1) is 17.2 Å². The summed E-state index contributed by atoms with van der Waals surface area (Å²) in [6.07, 6.45) is 7.20. The molecule has 1 saturated heterocycles. The summed E-state index contributed by atoms with van der Waals surface area (Å²) in [6.45, 7) is 1.56. The minimum atomic E-state index is -2.89. The van der Waals surface area contributed by atoms with Gasteiger partial charge in [-0.3, -0.25) is 14.8 Å². The van der Waals surface area contributed by atoms with Gasteiger partial charge in [-0.25, -0.2) is 8.78 Å². The molecule has 1 aliphatic carbocycles. The van der Waals surface area contributed by atoms with Crippen molar-refractivity contribution in [2.45, 2.75) is 37.6 Å². The van der Waals surface area contributed by atoms with Crippen LogP contribution in [0.4, 0.5) is 8.78 Å². The van der Waals surface area contributed by atoms with Gasteiger partial charge in [0.05, 0.1) is 30.2 Å². The Morgan fingerprint density at radius 2 is 2.04 bits per heavy atom. The van der Waals surface area contributed by atoms with Gasteiger partial charge in [-0.15, -0.1) is 0 Å². The van der Waals surface area contributed by atoms with Crippen LogP contribution in [-0.4, -0.2) is 59.9 Å². The van der Waals surface area contributed by atoms with Crippen molar-refractivity contribution >= 4 is 18.5 Å². The molecule has 0 N–H and O–H groups in total. The summed E-state index contributed by atoms with van der Waals surface area (Å²) in [5.41, 5.74) is 0.586. The molecule has 0 aromatic rings. The van der Waals surface area contributed by atoms with Crippen LogP contribution in [0.1, 0.15) is 25.7 Å². The highest BCUT2D eigenvalue weighted by Gasteiger charge is 2.61. The van der Waals surface area contributed by atoms with Crippen LogP contribution in [0.3, 0.4) is 0 Å². The van der Waals surface area contributed by atoms with Gasteiger partial charge >= 0.3 is 0 Å². The summed E-state index contributed by atoms with van der Waals surface area (Å²) >= 11 is 0. The number of hydrogen-bond donors (Lipinski definition) is 0. The van der Waals surface area contributed by atoms with E-state index in [1.807, 2.05) is 6.07 Å². The third-order valence-electron chi connectivity index (χ3n) is 5.25. The van der Waals surface area contributed by atoms with Crippen molar-refractivity contribution in [1.82, 2.24) is 9.80 Å². The maximum Gasteiger partial charge on any atom is 0.266 e. The lowest BCUT2D eigenvalue weighted by atomic mass is 10.0. The zero-order valence-corrected chi connectivity index (χ0v) is 14.2. The highest BCUT2D eigenvalue weighted by atomic mass is 19.3. The lowest BCUT2D eigenvalue weighted by Crippen LogP contribution is -2.38. The van der Waals surface area contributed by atoms with Gasteiger partial charge in [-0.1, -0.05) is 0 Å². The molecule has 6 nitrogen and oxygen atoms in total. The van der Waals surface area contributed by atoms with Crippen LogP contribution in [0.15, 0.2) is 33.0 Å². The number of likely N-dealkylation sites (tertiary alicyclic amines) is 1. The molecule has 0 spiro atoms. The van der Waals surface area contributed by atoms with E-state index in [4.69, 9.17) is 0 Å². The van der Waals surface area contributed by atoms with Crippen molar-refractivity contribution in [3.05, 3.63) is 23.0 Å². The first-order valence-corrected chi connectivity index (χ1v) is 8.87. The van der Waals surface area contributed by atoms with E-state index in [1.165, 1.54) is 11.2 Å². The molecule has 1 amide bonds. The lowest BCUT2D eigenvalue weighted by Gasteiger charge is -2.29. The lowest BCUT2D eigenvalue weighted by molar-refractivity contribution is -0.127. The number of amides is 1. The van der Waals surface area contributed by atoms with Crippen molar-refractivity contribution in [2.75, 3.05) is 19.6 Å². The first kappa shape index (κ1) is 16.9. The fraction of sp³-hybridized carbons (Fsp3) is 0.556. The third-order valence-corrected chi connectivity index (χ3v) is 5.25. The standard InChI is InChI=1S/C18H19F2N5O/c19-18(20)8-13(18)16(25-11-23-14-10-22-5-4-15(14)25)12(9-21)17(26)24-6-2-1-3-7-24/h4-5,11,13-14H,1-3,6-8,10H2. The van der Waals surface area contributed by atoms with Gasteiger partial charge in [-0.2, -0.15) is 5.26 Å². The summed E-state index contributed by atoms with van der Waals surface area (Å²) in [5.74, 6) is -4.47. The molecule has 2 atom stereocenters. The number of halogens is 2. The molecule has 0 aromatic heterocycles. The smallest absolute Gasteiger partial charge is 0.266 e. The average Bonchev–Trinajstić information content (AvgIpc) is 3.09. The van der Waals surface area contributed by atoms with Crippen LogP contribution in [0.5, 0.6) is 0 Å². The molecule has 0 aromatic carbocycles. The fourth-order valence-electron chi connectivity index (χ4n) is 3.72. The van der Waals surface area contributed by atoms with E-state index < -0.39 is 17.7 Å². The molecule has 2 unspecified atom stereocenters. The Kier molecular flexibility index (Phi) is 4.10. The maximum absolute atomic E-state index is 13.9. The molecule has 2 fully saturated rings. The number of rotatable bonds is 3. The van der Waals surface area contributed by atoms with Crippen molar-refractivity contribution in [3.63, 3.8) is 0 Å². The van der Waals surface area contributed by atoms with Gasteiger partial charge in [0.2, 0.25) is 0 Å². The van der Waals surface area contributed by atoms with Gasteiger partial charge in [0, 0.05) is 25.7 Å². The first-order valence-electron chi connectivity index (χ1n) is 8.87. The number of piperidine rings is 1. The summed E-state index contributed by atoms with van der Waals surface area (Å²) < 4.78 is 27.9. The second-order valence-electron chi connectivity index (χ2n) is 7.00. The number of alkyl halides is 2. The summed E-state index contributed by atoms with van der Waals surface area (Å²) in [5, 5.41) is 9.68. The van der Waals surface area contributed by atoms with Gasteiger partial charge in [-0.05, 0) is 25.3 Å². The minimum Gasteiger partial charge on any atom is -0.338 e. The maximum atomic E-state index is 13.9. The summed E-state index contributed by atoms with van der Waals surface area (Å²) in [7, 11) is 0. The molecule has 8 heteroatoms. The molecular weight excluding hydrogens is 340 g/mol. The quantitative estimate of drug-likeness (QED) is 0.572. The second-order valence-corrected chi connectivity index (χ2v) is 7.00. The molecule has 1 saturated carbocycles. The number of fused-ring (bicyclic) bond motifs is 1. The largest absolute Gasteiger partial charge is 0.338 e. The van der Waals surface area contributed by atoms with Gasteiger partial charge < -0.3 is 9.80 Å². The number of allylic oxidation sites excluding steroid dienone is 2. The number of nitriles is 1. The Hall–Kier alpha value is -2.56. The van der Waals surface area contributed by atoms with E-state index in [9.17, 15) is 18.8 Å². The summed E-state index contributed by atoms with van der Waals surface area (Å²) in [6, 6.07) is 1.68. The molecule has 26 heavy (non-hydrogen) atoms. The Morgan fingerprint density at radius 3 is 2.69 bits per heavy atom. The molecule has 0 bridgehead atoms. The molecule has 4 rings (SSSR count). The van der Waals surface area contributed by atoms with Gasteiger partial charge in [0.1, 0.15) is 17.7 Å². The number of carbonyl (C=O) groups excluding carboxylic acids is 1. The second kappa shape index (κ2) is 6.31. The van der Waals surface area contributed by atoms with E-state index in [0.29, 0.717) is 25.3 Å².